The first-order valence-corrected chi connectivity index (χ1v) is 6.84. The number of hydrogen-bond acceptors (Lipinski definition) is 4. The molecule has 0 radical (unpaired) electrons. The third-order valence-electron chi connectivity index (χ3n) is 3.28. The van der Waals surface area contributed by atoms with Crippen molar-refractivity contribution in [3.8, 4) is 0 Å². The van der Waals surface area contributed by atoms with Crippen LogP contribution in [0.15, 0.2) is 0 Å². The lowest BCUT2D eigenvalue weighted by Gasteiger charge is -2.16. The molecule has 0 aromatic carbocycles. The predicted molar refractivity (Wildman–Crippen MR) is 72.7 cm³/mol. The smallest absolute Gasteiger partial charge is 0.239 e. The average Bonchev–Trinajstić information content (AvgIpc) is 2.82. The van der Waals surface area contributed by atoms with Crippen molar-refractivity contribution < 1.29 is 14.3 Å². The molecule has 0 aromatic heterocycles. The largest absolute Gasteiger partial charge is 0.385 e. The number of nitrogens with zero attached hydrogens (tertiary/aromatic N) is 1. The molecule has 1 heterocycles. The van der Waals surface area contributed by atoms with Crippen molar-refractivity contribution in [1.29, 1.82) is 0 Å². The fourth-order valence-corrected chi connectivity index (χ4v) is 2.24. The van der Waals surface area contributed by atoms with Crippen molar-refractivity contribution in [2.75, 3.05) is 46.4 Å². The van der Waals surface area contributed by atoms with Gasteiger partial charge in [-0.1, -0.05) is 0 Å². The molecule has 1 fully saturated rings. The minimum atomic E-state index is -0.180. The Morgan fingerprint density at radius 2 is 2.16 bits per heavy atom. The normalized spacial score (nSPS) is 19.4. The lowest BCUT2D eigenvalue weighted by Crippen LogP contribution is -2.38. The summed E-state index contributed by atoms with van der Waals surface area (Å²) in [6.45, 7) is 6.15. The predicted octanol–water partition coefficient (Wildman–Crippen LogP) is -0.403. The number of methoxy groups -OCH3 is 1. The zero-order valence-corrected chi connectivity index (χ0v) is 11.9. The molecule has 1 unspecified atom stereocenters. The maximum absolute atomic E-state index is 11.4. The van der Waals surface area contributed by atoms with Gasteiger partial charge in [-0.15, -0.1) is 0 Å². The van der Waals surface area contributed by atoms with Gasteiger partial charge in [0, 0.05) is 40.3 Å². The van der Waals surface area contributed by atoms with Crippen LogP contribution in [0.3, 0.4) is 0 Å². The summed E-state index contributed by atoms with van der Waals surface area (Å²) < 4.78 is 5.04. The van der Waals surface area contributed by atoms with Crippen molar-refractivity contribution in [3.05, 3.63) is 0 Å². The van der Waals surface area contributed by atoms with Crippen molar-refractivity contribution >= 4 is 11.8 Å². The van der Waals surface area contributed by atoms with Crippen molar-refractivity contribution in [2.45, 2.75) is 19.8 Å². The van der Waals surface area contributed by atoms with Gasteiger partial charge in [-0.05, 0) is 25.3 Å². The standard InChI is InChI=1S/C13H25N3O3/c1-11(17)14-9-13(18)15-8-12-4-6-16(10-12)5-3-7-19-2/h12H,3-10H2,1-2H3,(H,14,17)(H,15,18). The third kappa shape index (κ3) is 7.12. The van der Waals surface area contributed by atoms with Crippen LogP contribution in [0, 0.1) is 5.92 Å². The van der Waals surface area contributed by atoms with Crippen molar-refractivity contribution in [1.82, 2.24) is 15.5 Å². The van der Waals surface area contributed by atoms with Gasteiger partial charge in [0.05, 0.1) is 6.54 Å². The number of carbonyl (C=O) groups excluding carboxylic acids is 2. The molecule has 2 amide bonds. The second kappa shape index (κ2) is 8.87. The Hall–Kier alpha value is -1.14. The first kappa shape index (κ1) is 15.9. The van der Waals surface area contributed by atoms with Gasteiger partial charge in [-0.2, -0.15) is 0 Å². The third-order valence-corrected chi connectivity index (χ3v) is 3.28. The van der Waals surface area contributed by atoms with Crippen LogP contribution in [-0.4, -0.2) is 63.2 Å². The minimum Gasteiger partial charge on any atom is -0.385 e. The van der Waals surface area contributed by atoms with Crippen LogP contribution in [0.4, 0.5) is 0 Å². The first-order valence-electron chi connectivity index (χ1n) is 6.84. The highest BCUT2D eigenvalue weighted by Gasteiger charge is 2.22. The highest BCUT2D eigenvalue weighted by Crippen LogP contribution is 2.15. The van der Waals surface area contributed by atoms with Crippen LogP contribution < -0.4 is 10.6 Å². The Kier molecular flexibility index (Phi) is 7.43. The van der Waals surface area contributed by atoms with Crippen LogP contribution >= 0.6 is 0 Å². The van der Waals surface area contributed by atoms with Crippen LogP contribution in [0.1, 0.15) is 19.8 Å². The zero-order chi connectivity index (χ0) is 14.1. The Bertz CT molecular complexity index is 297. The van der Waals surface area contributed by atoms with E-state index in [2.05, 4.69) is 15.5 Å². The number of rotatable bonds is 8. The highest BCUT2D eigenvalue weighted by molar-refractivity contribution is 5.83. The van der Waals surface area contributed by atoms with E-state index in [0.717, 1.165) is 39.1 Å². The molecule has 110 valence electrons. The Labute approximate surface area is 114 Å². The molecule has 0 aromatic rings. The molecule has 1 aliphatic rings. The molecular formula is C13H25N3O3. The lowest BCUT2D eigenvalue weighted by atomic mass is 10.1. The molecule has 1 rings (SSSR count). The number of likely N-dealkylation sites (tertiary alicyclic amines) is 1. The van der Waals surface area contributed by atoms with Crippen molar-refractivity contribution in [3.63, 3.8) is 0 Å². The van der Waals surface area contributed by atoms with E-state index < -0.39 is 0 Å². The van der Waals surface area contributed by atoms with Crippen LogP contribution in [-0.2, 0) is 14.3 Å². The minimum absolute atomic E-state index is 0.0691. The SMILES string of the molecule is COCCCN1CCC(CNC(=O)CNC(C)=O)C1. The number of carbonyl (C=O) groups is 2. The average molecular weight is 271 g/mol. The summed E-state index contributed by atoms with van der Waals surface area (Å²) in [5, 5.41) is 5.35. The number of ether oxygens (including phenoxy) is 1. The summed E-state index contributed by atoms with van der Waals surface area (Å²) in [7, 11) is 1.72. The topological polar surface area (TPSA) is 70.7 Å². The van der Waals surface area contributed by atoms with Gasteiger partial charge in [0.25, 0.3) is 0 Å². The number of hydrogen-bond donors (Lipinski definition) is 2. The van der Waals surface area contributed by atoms with Gasteiger partial charge >= 0.3 is 0 Å². The Balaban J connectivity index is 2.08. The van der Waals surface area contributed by atoms with E-state index in [9.17, 15) is 9.59 Å². The molecule has 0 spiro atoms. The summed E-state index contributed by atoms with van der Waals surface area (Å²) in [4.78, 5) is 24.5. The van der Waals surface area contributed by atoms with Crippen LogP contribution in [0.25, 0.3) is 0 Å². The number of amides is 2. The number of nitrogens with one attached hydrogen (secondary N) is 2. The van der Waals surface area contributed by atoms with E-state index in [-0.39, 0.29) is 18.4 Å². The summed E-state index contributed by atoms with van der Waals surface area (Å²) in [6, 6.07) is 0. The second-order valence-electron chi connectivity index (χ2n) is 5.02. The van der Waals surface area contributed by atoms with Gasteiger partial charge in [-0.3, -0.25) is 9.59 Å². The van der Waals surface area contributed by atoms with Crippen molar-refractivity contribution in [2.24, 2.45) is 5.92 Å². The summed E-state index contributed by atoms with van der Waals surface area (Å²) in [5.74, 6) is 0.220. The van der Waals surface area contributed by atoms with Crippen LogP contribution in [0.2, 0.25) is 0 Å². The van der Waals surface area contributed by atoms with E-state index in [1.165, 1.54) is 6.92 Å². The molecule has 0 aliphatic carbocycles. The van der Waals surface area contributed by atoms with E-state index in [0.29, 0.717) is 12.5 Å². The molecular weight excluding hydrogens is 246 g/mol. The molecule has 19 heavy (non-hydrogen) atoms. The van der Waals surface area contributed by atoms with Gasteiger partial charge in [0.1, 0.15) is 0 Å². The van der Waals surface area contributed by atoms with E-state index in [1.807, 2.05) is 0 Å². The maximum atomic E-state index is 11.4. The summed E-state index contributed by atoms with van der Waals surface area (Å²) >= 11 is 0. The van der Waals surface area contributed by atoms with E-state index in [4.69, 9.17) is 4.74 Å². The fourth-order valence-electron chi connectivity index (χ4n) is 2.24. The Morgan fingerprint density at radius 1 is 1.37 bits per heavy atom. The Morgan fingerprint density at radius 3 is 2.84 bits per heavy atom. The first-order chi connectivity index (χ1) is 9.11. The monoisotopic (exact) mass is 271 g/mol. The molecule has 6 nitrogen and oxygen atoms in total. The molecule has 1 atom stereocenters. The molecule has 6 heteroatoms. The molecule has 1 aliphatic heterocycles. The van der Waals surface area contributed by atoms with E-state index >= 15 is 0 Å². The molecule has 1 saturated heterocycles. The van der Waals surface area contributed by atoms with Gasteiger partial charge in [0.15, 0.2) is 0 Å². The van der Waals surface area contributed by atoms with E-state index in [1.54, 1.807) is 7.11 Å². The second-order valence-corrected chi connectivity index (χ2v) is 5.02. The lowest BCUT2D eigenvalue weighted by molar-refractivity contribution is -0.125. The fraction of sp³-hybridized carbons (Fsp3) is 0.846. The maximum Gasteiger partial charge on any atom is 0.239 e. The molecule has 0 bridgehead atoms. The summed E-state index contributed by atoms with van der Waals surface area (Å²) in [5.41, 5.74) is 0. The summed E-state index contributed by atoms with van der Waals surface area (Å²) in [6.07, 6.45) is 2.17. The van der Waals surface area contributed by atoms with Gasteiger partial charge < -0.3 is 20.3 Å². The quantitative estimate of drug-likeness (QED) is 0.589. The zero-order valence-electron chi connectivity index (χ0n) is 11.9. The molecule has 2 N–H and O–H groups in total. The highest BCUT2D eigenvalue weighted by atomic mass is 16.5. The van der Waals surface area contributed by atoms with Crippen LogP contribution in [0.5, 0.6) is 0 Å². The van der Waals surface area contributed by atoms with Gasteiger partial charge in [-0.25, -0.2) is 0 Å². The van der Waals surface area contributed by atoms with Gasteiger partial charge in [0.2, 0.25) is 11.8 Å². The molecule has 0 saturated carbocycles.